The van der Waals surface area contributed by atoms with Crippen LogP contribution in [0.2, 0.25) is 0 Å². The fourth-order valence-corrected chi connectivity index (χ4v) is 8.09. The molecule has 4 aromatic carbocycles. The van der Waals surface area contributed by atoms with Gasteiger partial charge in [-0.2, -0.15) is 0 Å². The van der Waals surface area contributed by atoms with Crippen LogP contribution in [-0.4, -0.2) is 46.8 Å². The summed E-state index contributed by atoms with van der Waals surface area (Å²) in [5, 5.41) is 16.9. The molecule has 0 saturated heterocycles. The van der Waals surface area contributed by atoms with E-state index >= 15 is 0 Å². The normalized spacial score (nSPS) is 11.8. The molecule has 2 heterocycles. The molecular formula is C36H38N8O4S2. The first kappa shape index (κ1) is 34.5. The van der Waals surface area contributed by atoms with Gasteiger partial charge in [0.2, 0.25) is 0 Å². The molecule has 0 unspecified atom stereocenters. The van der Waals surface area contributed by atoms with E-state index in [2.05, 4.69) is 20.6 Å². The highest BCUT2D eigenvalue weighted by Crippen LogP contribution is 2.26. The third kappa shape index (κ3) is 8.09. The van der Waals surface area contributed by atoms with E-state index in [1.807, 2.05) is 74.5 Å². The van der Waals surface area contributed by atoms with Gasteiger partial charge in [0.1, 0.15) is 0 Å². The molecule has 0 saturated carbocycles. The van der Waals surface area contributed by atoms with E-state index in [1.54, 1.807) is 70.3 Å². The molecule has 0 N–H and O–H groups in total. The number of hydrogen-bond donors (Lipinski definition) is 0. The summed E-state index contributed by atoms with van der Waals surface area (Å²) in [5.41, 5.74) is 3.56. The molecular weight excluding hydrogens is 673 g/mol. The van der Waals surface area contributed by atoms with Crippen LogP contribution in [0.3, 0.4) is 0 Å². The minimum absolute atomic E-state index is 0.102. The Bertz CT molecular complexity index is 2060. The number of aromatic nitrogens is 6. The molecule has 6 rings (SSSR count). The smallest absolute Gasteiger partial charge is 0.250 e. The SMILES string of the molecule is Cc1ccc(S(=O)(=O)N(Cc2ccccc2)c2cn(CCCCn3cc(N(Cc4ccccc4)S(=O)(=O)c4ccc(C)cc4)nn3)nn2)cc1. The van der Waals surface area contributed by atoms with Crippen LogP contribution < -0.4 is 8.61 Å². The first-order valence-corrected chi connectivity index (χ1v) is 19.0. The molecule has 0 fully saturated rings. The van der Waals surface area contributed by atoms with Crippen molar-refractivity contribution in [1.82, 2.24) is 30.0 Å². The molecule has 0 amide bonds. The van der Waals surface area contributed by atoms with Gasteiger partial charge in [-0.05, 0) is 62.1 Å². The Hall–Kier alpha value is -5.34. The number of hydrogen-bond acceptors (Lipinski definition) is 8. The van der Waals surface area contributed by atoms with Gasteiger partial charge in [-0.25, -0.2) is 25.4 Å². The topological polar surface area (TPSA) is 136 Å². The average molecular weight is 711 g/mol. The van der Waals surface area contributed by atoms with Crippen LogP contribution in [-0.2, 0) is 46.2 Å². The second-order valence-corrected chi connectivity index (χ2v) is 15.7. The van der Waals surface area contributed by atoms with Crippen molar-refractivity contribution in [1.29, 1.82) is 0 Å². The molecule has 0 aliphatic heterocycles. The van der Waals surface area contributed by atoms with Gasteiger partial charge in [0.25, 0.3) is 20.0 Å². The second-order valence-electron chi connectivity index (χ2n) is 12.0. The van der Waals surface area contributed by atoms with E-state index < -0.39 is 20.0 Å². The molecule has 0 bridgehead atoms. The Balaban J connectivity index is 1.13. The van der Waals surface area contributed by atoms with Gasteiger partial charge < -0.3 is 0 Å². The van der Waals surface area contributed by atoms with Crippen LogP contribution in [0.15, 0.2) is 131 Å². The van der Waals surface area contributed by atoms with Gasteiger partial charge >= 0.3 is 0 Å². The Morgan fingerprint density at radius 3 is 1.24 bits per heavy atom. The molecule has 12 nitrogen and oxygen atoms in total. The van der Waals surface area contributed by atoms with Crippen LogP contribution in [0.5, 0.6) is 0 Å². The van der Waals surface area contributed by atoms with Gasteiger partial charge in [0, 0.05) is 13.1 Å². The number of aryl methyl sites for hydroxylation is 4. The zero-order valence-electron chi connectivity index (χ0n) is 27.8. The molecule has 0 aliphatic rings. The maximum Gasteiger partial charge on any atom is 0.265 e. The van der Waals surface area contributed by atoms with Gasteiger partial charge in [-0.1, -0.05) is 106 Å². The van der Waals surface area contributed by atoms with Crippen molar-refractivity contribution < 1.29 is 16.8 Å². The fourth-order valence-electron chi connectivity index (χ4n) is 5.32. The van der Waals surface area contributed by atoms with E-state index in [-0.39, 0.29) is 34.5 Å². The van der Waals surface area contributed by atoms with Crippen molar-refractivity contribution in [2.75, 3.05) is 8.61 Å². The average Bonchev–Trinajstić information content (AvgIpc) is 3.79. The number of anilines is 2. The number of nitrogens with zero attached hydrogens (tertiary/aromatic N) is 8. The lowest BCUT2D eigenvalue weighted by atomic mass is 10.2. The van der Waals surface area contributed by atoms with E-state index in [0.717, 1.165) is 22.3 Å². The quantitative estimate of drug-likeness (QED) is 0.123. The molecule has 0 atom stereocenters. The predicted molar refractivity (Wildman–Crippen MR) is 191 cm³/mol. The van der Waals surface area contributed by atoms with E-state index in [0.29, 0.717) is 25.9 Å². The molecule has 0 radical (unpaired) electrons. The van der Waals surface area contributed by atoms with Gasteiger partial charge in [-0.3, -0.25) is 9.36 Å². The molecule has 50 heavy (non-hydrogen) atoms. The van der Waals surface area contributed by atoms with Crippen LogP contribution in [0.4, 0.5) is 11.6 Å². The Morgan fingerprint density at radius 1 is 0.520 bits per heavy atom. The Morgan fingerprint density at radius 2 is 0.880 bits per heavy atom. The fraction of sp³-hybridized carbons (Fsp3) is 0.222. The highest BCUT2D eigenvalue weighted by Gasteiger charge is 2.29. The zero-order valence-corrected chi connectivity index (χ0v) is 29.4. The van der Waals surface area contributed by atoms with Crippen molar-refractivity contribution in [2.24, 2.45) is 0 Å². The Kier molecular flexibility index (Phi) is 10.4. The van der Waals surface area contributed by atoms with E-state index in [9.17, 15) is 16.8 Å². The summed E-state index contributed by atoms with van der Waals surface area (Å²) in [6.07, 6.45) is 4.63. The van der Waals surface area contributed by atoms with Gasteiger partial charge in [0.15, 0.2) is 11.6 Å². The molecule has 0 spiro atoms. The molecule has 2 aromatic heterocycles. The standard InChI is InChI=1S/C36H38N8O4S2/c1-29-15-19-33(20-16-29)49(45,46)43(25-31-11-5-3-6-12-31)35-27-41(39-37-35)23-9-10-24-42-28-36(38-40-42)44(26-32-13-7-4-8-14-32)50(47,48)34-21-17-30(2)18-22-34/h3-8,11-22,27-28H,9-10,23-26H2,1-2H3. The van der Waals surface area contributed by atoms with Crippen molar-refractivity contribution in [3.05, 3.63) is 144 Å². The van der Waals surface area contributed by atoms with E-state index in [1.165, 1.54) is 8.61 Å². The van der Waals surface area contributed by atoms with Gasteiger partial charge in [-0.15, -0.1) is 10.2 Å². The number of benzene rings is 4. The summed E-state index contributed by atoms with van der Waals surface area (Å²) in [5.74, 6) is 0.451. The third-order valence-electron chi connectivity index (χ3n) is 8.14. The summed E-state index contributed by atoms with van der Waals surface area (Å²) in [6, 6.07) is 32.2. The van der Waals surface area contributed by atoms with E-state index in [4.69, 9.17) is 0 Å². The monoisotopic (exact) mass is 710 g/mol. The molecule has 6 aromatic rings. The first-order valence-electron chi connectivity index (χ1n) is 16.2. The van der Waals surface area contributed by atoms with Crippen LogP contribution in [0.25, 0.3) is 0 Å². The molecule has 14 heteroatoms. The van der Waals surface area contributed by atoms with Crippen molar-refractivity contribution in [2.45, 2.75) is 62.7 Å². The summed E-state index contributed by atoms with van der Waals surface area (Å²) in [7, 11) is -7.84. The number of sulfonamides is 2. The van der Waals surface area contributed by atoms with Crippen LogP contribution in [0, 0.1) is 13.8 Å². The predicted octanol–water partition coefficient (Wildman–Crippen LogP) is 5.76. The lowest BCUT2D eigenvalue weighted by Gasteiger charge is -2.22. The summed E-state index contributed by atoms with van der Waals surface area (Å²) >= 11 is 0. The highest BCUT2D eigenvalue weighted by atomic mass is 32.2. The zero-order chi connectivity index (χ0) is 35.1. The first-order chi connectivity index (χ1) is 24.1. The number of rotatable bonds is 15. The van der Waals surface area contributed by atoms with Crippen LogP contribution >= 0.6 is 0 Å². The maximum atomic E-state index is 13.8. The summed E-state index contributed by atoms with van der Waals surface area (Å²) in [4.78, 5) is 0.351. The largest absolute Gasteiger partial charge is 0.265 e. The minimum atomic E-state index is -3.92. The maximum absolute atomic E-state index is 13.8. The third-order valence-corrected chi connectivity index (χ3v) is 11.7. The van der Waals surface area contributed by atoms with Crippen LogP contribution in [0.1, 0.15) is 35.1 Å². The lowest BCUT2D eigenvalue weighted by molar-refractivity contribution is 0.487. The van der Waals surface area contributed by atoms with Crippen molar-refractivity contribution >= 4 is 31.7 Å². The van der Waals surface area contributed by atoms with Crippen molar-refractivity contribution in [3.8, 4) is 0 Å². The minimum Gasteiger partial charge on any atom is -0.250 e. The Labute approximate surface area is 292 Å². The van der Waals surface area contributed by atoms with Gasteiger partial charge in [0.05, 0.1) is 35.3 Å². The molecule has 0 aliphatic carbocycles. The summed E-state index contributed by atoms with van der Waals surface area (Å²) < 4.78 is 60.9. The second kappa shape index (κ2) is 15.0. The number of unbranched alkanes of at least 4 members (excludes halogenated alkanes) is 1. The summed E-state index contributed by atoms with van der Waals surface area (Å²) in [6.45, 7) is 4.99. The highest BCUT2D eigenvalue weighted by molar-refractivity contribution is 7.93. The lowest BCUT2D eigenvalue weighted by Crippen LogP contribution is -2.31. The molecule has 258 valence electrons. The van der Waals surface area contributed by atoms with Crippen molar-refractivity contribution in [3.63, 3.8) is 0 Å².